The number of anilines is 2. The molecule has 8 heteroatoms. The molecule has 0 aromatic carbocycles. The summed E-state index contributed by atoms with van der Waals surface area (Å²) in [4.78, 5) is 17.3. The molecule has 1 aromatic rings. The van der Waals surface area contributed by atoms with Crippen molar-refractivity contribution in [2.45, 2.75) is 19.4 Å². The van der Waals surface area contributed by atoms with Gasteiger partial charge in [0.05, 0.1) is 17.6 Å². The largest absolute Gasteiger partial charge is 0.394 e. The van der Waals surface area contributed by atoms with Gasteiger partial charge in [-0.1, -0.05) is 6.92 Å². The van der Waals surface area contributed by atoms with Crippen LogP contribution in [0.2, 0.25) is 0 Å². The monoisotopic (exact) mass is 227 g/mol. The van der Waals surface area contributed by atoms with Gasteiger partial charge < -0.3 is 16.2 Å². The lowest BCUT2D eigenvalue weighted by Crippen LogP contribution is -2.24. The van der Waals surface area contributed by atoms with E-state index in [-0.39, 0.29) is 30.1 Å². The van der Waals surface area contributed by atoms with Gasteiger partial charge in [0.15, 0.2) is 0 Å². The molecule has 0 spiro atoms. The fourth-order valence-corrected chi connectivity index (χ4v) is 1.06. The average Bonchev–Trinajstić information content (AvgIpc) is 2.25. The summed E-state index contributed by atoms with van der Waals surface area (Å²) < 4.78 is 0. The number of aliphatic hydroxyl groups excluding tert-OH is 1. The third-order valence-electron chi connectivity index (χ3n) is 2.04. The molecule has 0 saturated heterocycles. The van der Waals surface area contributed by atoms with E-state index in [4.69, 9.17) is 10.8 Å². The summed E-state index contributed by atoms with van der Waals surface area (Å²) in [5, 5.41) is 22.2. The highest BCUT2D eigenvalue weighted by molar-refractivity contribution is 5.53. The van der Waals surface area contributed by atoms with Crippen LogP contribution >= 0.6 is 0 Å². The Kier molecular flexibility index (Phi) is 3.95. The third kappa shape index (κ3) is 2.76. The molecule has 1 atom stereocenters. The fraction of sp³-hybridized carbons (Fsp3) is 0.500. The molecule has 1 heterocycles. The van der Waals surface area contributed by atoms with Crippen LogP contribution in [0.4, 0.5) is 17.5 Å². The van der Waals surface area contributed by atoms with Crippen molar-refractivity contribution in [3.63, 3.8) is 0 Å². The first-order chi connectivity index (χ1) is 7.58. The van der Waals surface area contributed by atoms with Gasteiger partial charge >= 0.3 is 5.69 Å². The molecule has 0 amide bonds. The van der Waals surface area contributed by atoms with Crippen LogP contribution in [0.1, 0.15) is 13.3 Å². The smallest absolute Gasteiger partial charge is 0.329 e. The molecule has 0 saturated carbocycles. The second kappa shape index (κ2) is 5.21. The van der Waals surface area contributed by atoms with E-state index in [1.54, 1.807) is 0 Å². The fourth-order valence-electron chi connectivity index (χ4n) is 1.06. The maximum Gasteiger partial charge on any atom is 0.329 e. The van der Waals surface area contributed by atoms with Crippen molar-refractivity contribution >= 4 is 17.5 Å². The first-order valence-corrected chi connectivity index (χ1v) is 4.72. The van der Waals surface area contributed by atoms with Gasteiger partial charge in [0.1, 0.15) is 6.20 Å². The molecule has 0 aliphatic heterocycles. The van der Waals surface area contributed by atoms with Gasteiger partial charge in [-0.2, -0.15) is 4.98 Å². The maximum atomic E-state index is 10.5. The average molecular weight is 227 g/mol. The number of nitrogens with two attached hydrogens (primary N) is 1. The normalized spacial score (nSPS) is 12.1. The molecule has 4 N–H and O–H groups in total. The molecule has 88 valence electrons. The van der Waals surface area contributed by atoms with E-state index in [9.17, 15) is 10.1 Å². The Hall–Kier alpha value is -1.96. The number of rotatable bonds is 5. The minimum Gasteiger partial charge on any atom is -0.394 e. The van der Waals surface area contributed by atoms with E-state index in [0.717, 1.165) is 6.20 Å². The number of hydrogen-bond donors (Lipinski definition) is 3. The Morgan fingerprint density at radius 1 is 1.75 bits per heavy atom. The standard InChI is InChI=1S/C8H13N5O3/c1-2-5(4-14)11-8-10-3-6(13(15)16)7(9)12-8/h3,5,14H,2,4H2,1H3,(H3,9,10,11,12)/t5-/m0/s1. The molecule has 0 bridgehead atoms. The van der Waals surface area contributed by atoms with Crippen molar-refractivity contribution in [3.8, 4) is 0 Å². The molecule has 1 rings (SSSR count). The van der Waals surface area contributed by atoms with Crippen molar-refractivity contribution in [3.05, 3.63) is 16.3 Å². The Bertz CT molecular complexity index is 380. The van der Waals surface area contributed by atoms with E-state index in [1.807, 2.05) is 6.92 Å². The highest BCUT2D eigenvalue weighted by Crippen LogP contribution is 2.18. The van der Waals surface area contributed by atoms with Gasteiger partial charge in [0, 0.05) is 0 Å². The molecule has 0 aliphatic carbocycles. The summed E-state index contributed by atoms with van der Waals surface area (Å²) in [6, 6.07) is -0.194. The van der Waals surface area contributed by atoms with E-state index in [1.165, 1.54) is 0 Å². The molecule has 0 aliphatic rings. The Labute approximate surface area is 91.7 Å². The van der Waals surface area contributed by atoms with Crippen LogP contribution in [0.15, 0.2) is 6.20 Å². The topological polar surface area (TPSA) is 127 Å². The zero-order chi connectivity index (χ0) is 12.1. The Morgan fingerprint density at radius 3 is 2.88 bits per heavy atom. The van der Waals surface area contributed by atoms with Crippen LogP contribution in [0.3, 0.4) is 0 Å². The number of aliphatic hydroxyl groups is 1. The van der Waals surface area contributed by atoms with Gasteiger partial charge in [0.25, 0.3) is 0 Å². The quantitative estimate of drug-likeness (QED) is 0.482. The maximum absolute atomic E-state index is 10.5. The van der Waals surface area contributed by atoms with Crippen molar-refractivity contribution < 1.29 is 10.0 Å². The van der Waals surface area contributed by atoms with Gasteiger partial charge in [-0.05, 0) is 6.42 Å². The summed E-state index contributed by atoms with van der Waals surface area (Å²) in [7, 11) is 0. The lowest BCUT2D eigenvalue weighted by Gasteiger charge is -2.13. The highest BCUT2D eigenvalue weighted by atomic mass is 16.6. The molecular formula is C8H13N5O3. The molecule has 0 unspecified atom stereocenters. The number of nitrogens with one attached hydrogen (secondary N) is 1. The molecule has 0 fully saturated rings. The molecule has 16 heavy (non-hydrogen) atoms. The van der Waals surface area contributed by atoms with Crippen LogP contribution in [-0.4, -0.2) is 32.6 Å². The SMILES string of the molecule is CC[C@@H](CO)Nc1ncc([N+](=O)[O-])c(N)n1. The van der Waals surface area contributed by atoms with Gasteiger partial charge in [-0.25, -0.2) is 4.98 Å². The number of nitrogens with zero attached hydrogens (tertiary/aromatic N) is 3. The van der Waals surface area contributed by atoms with E-state index >= 15 is 0 Å². The molecule has 1 aromatic heterocycles. The zero-order valence-corrected chi connectivity index (χ0v) is 8.75. The second-order valence-electron chi connectivity index (χ2n) is 3.15. The lowest BCUT2D eigenvalue weighted by molar-refractivity contribution is -0.384. The Morgan fingerprint density at radius 2 is 2.44 bits per heavy atom. The summed E-state index contributed by atoms with van der Waals surface area (Å²) in [6.07, 6.45) is 1.71. The summed E-state index contributed by atoms with van der Waals surface area (Å²) in [5.74, 6) is -0.0284. The van der Waals surface area contributed by atoms with E-state index in [2.05, 4.69) is 15.3 Å². The number of aromatic nitrogens is 2. The van der Waals surface area contributed by atoms with E-state index < -0.39 is 4.92 Å². The van der Waals surface area contributed by atoms with E-state index in [0.29, 0.717) is 6.42 Å². The molecule has 8 nitrogen and oxygen atoms in total. The first-order valence-electron chi connectivity index (χ1n) is 4.72. The van der Waals surface area contributed by atoms with Crippen LogP contribution < -0.4 is 11.1 Å². The van der Waals surface area contributed by atoms with Crippen LogP contribution in [0.25, 0.3) is 0 Å². The van der Waals surface area contributed by atoms with Crippen molar-refractivity contribution in [1.82, 2.24) is 9.97 Å². The zero-order valence-electron chi connectivity index (χ0n) is 8.75. The van der Waals surface area contributed by atoms with Crippen LogP contribution in [0.5, 0.6) is 0 Å². The Balaban J connectivity index is 2.84. The van der Waals surface area contributed by atoms with Crippen molar-refractivity contribution in [2.75, 3.05) is 17.7 Å². The second-order valence-corrected chi connectivity index (χ2v) is 3.15. The molecular weight excluding hydrogens is 214 g/mol. The minimum absolute atomic E-state index is 0.0727. The van der Waals surface area contributed by atoms with Gasteiger partial charge in [-0.15, -0.1) is 0 Å². The highest BCUT2D eigenvalue weighted by Gasteiger charge is 2.15. The minimum atomic E-state index is -0.650. The molecule has 0 radical (unpaired) electrons. The lowest BCUT2D eigenvalue weighted by atomic mass is 10.2. The van der Waals surface area contributed by atoms with Crippen molar-refractivity contribution in [2.24, 2.45) is 0 Å². The third-order valence-corrected chi connectivity index (χ3v) is 2.04. The van der Waals surface area contributed by atoms with Crippen molar-refractivity contribution in [1.29, 1.82) is 0 Å². The summed E-state index contributed by atoms with van der Waals surface area (Å²) in [6.45, 7) is 1.80. The summed E-state index contributed by atoms with van der Waals surface area (Å²) >= 11 is 0. The van der Waals surface area contributed by atoms with Crippen LogP contribution in [-0.2, 0) is 0 Å². The number of nitro groups is 1. The predicted octanol–water partition coefficient (Wildman–Crippen LogP) is 0.150. The first kappa shape index (κ1) is 12.1. The van der Waals surface area contributed by atoms with Crippen LogP contribution in [0, 0.1) is 10.1 Å². The summed E-state index contributed by atoms with van der Waals surface area (Å²) in [5.41, 5.74) is 5.05. The predicted molar refractivity (Wildman–Crippen MR) is 57.9 cm³/mol. The number of hydrogen-bond acceptors (Lipinski definition) is 7. The number of nitrogen functional groups attached to an aromatic ring is 1. The van der Waals surface area contributed by atoms with Gasteiger partial charge in [0.2, 0.25) is 11.8 Å². The van der Waals surface area contributed by atoms with Gasteiger partial charge in [-0.3, -0.25) is 10.1 Å².